The molecule has 4 nitrogen and oxygen atoms in total. The lowest BCUT2D eigenvalue weighted by Crippen LogP contribution is -2.08. The fourth-order valence-corrected chi connectivity index (χ4v) is 2.07. The van der Waals surface area contributed by atoms with E-state index in [1.165, 1.54) is 0 Å². The Morgan fingerprint density at radius 1 is 1.24 bits per heavy atom. The molecule has 0 radical (unpaired) electrons. The van der Waals surface area contributed by atoms with E-state index in [0.29, 0.717) is 34.4 Å². The van der Waals surface area contributed by atoms with E-state index in [-0.39, 0.29) is 0 Å². The van der Waals surface area contributed by atoms with Crippen LogP contribution in [0.1, 0.15) is 22.8 Å². The zero-order valence-corrected chi connectivity index (χ0v) is 12.6. The Morgan fingerprint density at radius 2 is 2.00 bits per heavy atom. The van der Waals surface area contributed by atoms with Gasteiger partial charge in [-0.25, -0.2) is 4.79 Å². The van der Waals surface area contributed by atoms with Gasteiger partial charge in [0.15, 0.2) is 0 Å². The first-order chi connectivity index (χ1) is 10.0. The van der Waals surface area contributed by atoms with Crippen LogP contribution in [0, 0.1) is 6.92 Å². The fourth-order valence-electron chi connectivity index (χ4n) is 1.84. The van der Waals surface area contributed by atoms with Gasteiger partial charge in [0.25, 0.3) is 0 Å². The molecule has 0 aliphatic heterocycles. The van der Waals surface area contributed by atoms with Gasteiger partial charge in [0.05, 0.1) is 12.2 Å². The highest BCUT2D eigenvalue weighted by Crippen LogP contribution is 2.29. The summed E-state index contributed by atoms with van der Waals surface area (Å²) in [6.07, 6.45) is 0. The van der Waals surface area contributed by atoms with Crippen molar-refractivity contribution >= 4 is 23.3 Å². The van der Waals surface area contributed by atoms with Gasteiger partial charge in [-0.1, -0.05) is 11.6 Å². The summed E-state index contributed by atoms with van der Waals surface area (Å²) in [7, 11) is 0. The molecule has 0 saturated carbocycles. The van der Waals surface area contributed by atoms with Gasteiger partial charge < -0.3 is 15.2 Å². The van der Waals surface area contributed by atoms with E-state index in [1.54, 1.807) is 43.3 Å². The monoisotopic (exact) mass is 305 g/mol. The number of carbonyl (C=O) groups is 1. The van der Waals surface area contributed by atoms with Crippen LogP contribution >= 0.6 is 11.6 Å². The van der Waals surface area contributed by atoms with E-state index in [0.717, 1.165) is 5.56 Å². The smallest absolute Gasteiger partial charge is 0.340 e. The Morgan fingerprint density at radius 3 is 2.67 bits per heavy atom. The van der Waals surface area contributed by atoms with Gasteiger partial charge in [0.2, 0.25) is 0 Å². The van der Waals surface area contributed by atoms with Gasteiger partial charge in [-0.2, -0.15) is 0 Å². The molecule has 0 bridgehead atoms. The number of esters is 1. The summed E-state index contributed by atoms with van der Waals surface area (Å²) in [6.45, 7) is 3.93. The highest BCUT2D eigenvalue weighted by atomic mass is 35.5. The molecule has 21 heavy (non-hydrogen) atoms. The predicted molar refractivity (Wildman–Crippen MR) is 83.1 cm³/mol. The zero-order chi connectivity index (χ0) is 15.4. The third-order valence-electron chi connectivity index (χ3n) is 2.88. The maximum Gasteiger partial charge on any atom is 0.340 e. The normalized spacial score (nSPS) is 10.2. The summed E-state index contributed by atoms with van der Waals surface area (Å²) in [5, 5.41) is 0.643. The summed E-state index contributed by atoms with van der Waals surface area (Å²) in [5.74, 6) is 0.713. The number of aryl methyl sites for hydroxylation is 1. The lowest BCUT2D eigenvalue weighted by atomic mass is 10.1. The minimum absolute atomic E-state index is 0.291. The minimum Gasteiger partial charge on any atom is -0.462 e. The molecule has 0 atom stereocenters. The molecule has 2 aromatic carbocycles. The molecule has 0 aromatic heterocycles. The lowest BCUT2D eigenvalue weighted by molar-refractivity contribution is 0.0527. The highest BCUT2D eigenvalue weighted by molar-refractivity contribution is 6.30. The van der Waals surface area contributed by atoms with Crippen molar-refractivity contribution in [3.63, 3.8) is 0 Å². The number of halogens is 1. The van der Waals surface area contributed by atoms with E-state index in [2.05, 4.69) is 0 Å². The second kappa shape index (κ2) is 6.50. The minimum atomic E-state index is -0.465. The summed E-state index contributed by atoms with van der Waals surface area (Å²) in [4.78, 5) is 11.8. The van der Waals surface area contributed by atoms with Crippen molar-refractivity contribution in [2.45, 2.75) is 13.8 Å². The molecule has 0 saturated heterocycles. The van der Waals surface area contributed by atoms with Crippen molar-refractivity contribution in [3.05, 3.63) is 52.5 Å². The van der Waals surface area contributed by atoms with Gasteiger partial charge in [0, 0.05) is 10.7 Å². The third-order valence-corrected chi connectivity index (χ3v) is 3.12. The SMILES string of the molecule is CCOC(=O)c1cc(Oc2ccc(Cl)cc2C)ccc1N. The van der Waals surface area contributed by atoms with Crippen LogP contribution in [0.15, 0.2) is 36.4 Å². The number of hydrogen-bond acceptors (Lipinski definition) is 4. The quantitative estimate of drug-likeness (QED) is 0.679. The van der Waals surface area contributed by atoms with Crippen LogP contribution in [0.5, 0.6) is 11.5 Å². The summed E-state index contributed by atoms with van der Waals surface area (Å²) in [6, 6.07) is 10.2. The number of nitrogen functional groups attached to an aromatic ring is 1. The van der Waals surface area contributed by atoms with E-state index >= 15 is 0 Å². The molecule has 0 spiro atoms. The van der Waals surface area contributed by atoms with Gasteiger partial charge in [-0.3, -0.25) is 0 Å². The lowest BCUT2D eigenvalue weighted by Gasteiger charge is -2.11. The number of carbonyl (C=O) groups excluding carboxylic acids is 1. The molecule has 2 N–H and O–H groups in total. The van der Waals surface area contributed by atoms with Crippen molar-refractivity contribution in [1.82, 2.24) is 0 Å². The van der Waals surface area contributed by atoms with Crippen LogP contribution in [0.3, 0.4) is 0 Å². The molecule has 0 unspecified atom stereocenters. The van der Waals surface area contributed by atoms with Crippen molar-refractivity contribution < 1.29 is 14.3 Å². The zero-order valence-electron chi connectivity index (χ0n) is 11.9. The molecule has 0 aliphatic carbocycles. The molecule has 110 valence electrons. The van der Waals surface area contributed by atoms with E-state index < -0.39 is 5.97 Å². The van der Waals surface area contributed by atoms with E-state index in [9.17, 15) is 4.79 Å². The molecule has 5 heteroatoms. The Labute approximate surface area is 128 Å². The van der Waals surface area contributed by atoms with Crippen LogP contribution in [-0.4, -0.2) is 12.6 Å². The third kappa shape index (κ3) is 3.67. The van der Waals surface area contributed by atoms with Crippen LogP contribution in [0.2, 0.25) is 5.02 Å². The second-order valence-electron chi connectivity index (χ2n) is 4.48. The summed E-state index contributed by atoms with van der Waals surface area (Å²) in [5.41, 5.74) is 7.34. The van der Waals surface area contributed by atoms with Crippen LogP contribution in [-0.2, 0) is 4.74 Å². The largest absolute Gasteiger partial charge is 0.462 e. The standard InChI is InChI=1S/C16H16ClNO3/c1-3-20-16(19)13-9-12(5-6-14(13)18)21-15-7-4-11(17)8-10(15)2/h4-9H,3,18H2,1-2H3. The van der Waals surface area contributed by atoms with Crippen molar-refractivity contribution in [1.29, 1.82) is 0 Å². The van der Waals surface area contributed by atoms with Crippen LogP contribution < -0.4 is 10.5 Å². The summed E-state index contributed by atoms with van der Waals surface area (Å²) >= 11 is 5.91. The molecule has 0 heterocycles. The average molecular weight is 306 g/mol. The van der Waals surface area contributed by atoms with E-state index in [1.807, 2.05) is 6.92 Å². The highest BCUT2D eigenvalue weighted by Gasteiger charge is 2.13. The number of anilines is 1. The Hall–Kier alpha value is -2.20. The number of nitrogens with two attached hydrogens (primary N) is 1. The number of ether oxygens (including phenoxy) is 2. The first-order valence-corrected chi connectivity index (χ1v) is 6.89. The van der Waals surface area contributed by atoms with Crippen LogP contribution in [0.25, 0.3) is 0 Å². The van der Waals surface area contributed by atoms with Crippen LogP contribution in [0.4, 0.5) is 5.69 Å². The average Bonchev–Trinajstić information content (AvgIpc) is 2.44. The molecular formula is C16H16ClNO3. The first kappa shape index (κ1) is 15.2. The molecule has 0 aliphatic rings. The van der Waals surface area contributed by atoms with Crippen molar-refractivity contribution in [2.24, 2.45) is 0 Å². The predicted octanol–water partition coefficient (Wildman–Crippen LogP) is 4.20. The van der Waals surface area contributed by atoms with Gasteiger partial charge >= 0.3 is 5.97 Å². The fraction of sp³-hybridized carbons (Fsp3) is 0.188. The first-order valence-electron chi connectivity index (χ1n) is 6.52. The molecular weight excluding hydrogens is 290 g/mol. The second-order valence-corrected chi connectivity index (χ2v) is 4.92. The number of benzene rings is 2. The number of hydrogen-bond donors (Lipinski definition) is 1. The molecule has 2 rings (SSSR count). The Kier molecular flexibility index (Phi) is 4.70. The topological polar surface area (TPSA) is 61.5 Å². The van der Waals surface area contributed by atoms with Crippen molar-refractivity contribution in [2.75, 3.05) is 12.3 Å². The summed E-state index contributed by atoms with van der Waals surface area (Å²) < 4.78 is 10.7. The maximum absolute atomic E-state index is 11.8. The van der Waals surface area contributed by atoms with Gasteiger partial charge in [-0.15, -0.1) is 0 Å². The Bertz CT molecular complexity index is 671. The van der Waals surface area contributed by atoms with Gasteiger partial charge in [0.1, 0.15) is 11.5 Å². The molecule has 0 fully saturated rings. The molecule has 2 aromatic rings. The Balaban J connectivity index is 2.28. The number of rotatable bonds is 4. The van der Waals surface area contributed by atoms with Crippen molar-refractivity contribution in [3.8, 4) is 11.5 Å². The van der Waals surface area contributed by atoms with Gasteiger partial charge in [-0.05, 0) is 55.8 Å². The maximum atomic E-state index is 11.8. The van der Waals surface area contributed by atoms with E-state index in [4.69, 9.17) is 26.8 Å². The molecule has 0 amide bonds.